The van der Waals surface area contributed by atoms with E-state index in [1.165, 1.54) is 5.56 Å². The highest BCUT2D eigenvalue weighted by molar-refractivity contribution is 6.36. The van der Waals surface area contributed by atoms with Gasteiger partial charge in [-0.05, 0) is 48.9 Å². The molecule has 168 valence electrons. The van der Waals surface area contributed by atoms with Crippen LogP contribution in [0.1, 0.15) is 50.8 Å². The largest absolute Gasteiger partial charge is 0.354 e. The monoisotopic (exact) mass is 462 g/mol. The highest BCUT2D eigenvalue weighted by atomic mass is 35.5. The number of halogens is 2. The van der Waals surface area contributed by atoms with E-state index in [9.17, 15) is 9.59 Å². The van der Waals surface area contributed by atoms with E-state index in [4.69, 9.17) is 23.2 Å². The van der Waals surface area contributed by atoms with E-state index in [-0.39, 0.29) is 18.4 Å². The van der Waals surface area contributed by atoms with E-state index in [1.807, 2.05) is 13.8 Å². The van der Waals surface area contributed by atoms with Crippen LogP contribution in [0.5, 0.6) is 0 Å². The fourth-order valence-electron chi connectivity index (χ4n) is 3.23. The van der Waals surface area contributed by atoms with Gasteiger partial charge in [0.05, 0.1) is 0 Å². The van der Waals surface area contributed by atoms with Crippen LogP contribution in [0.2, 0.25) is 10.0 Å². The molecule has 0 aliphatic carbocycles. The number of hydrogen-bond acceptors (Lipinski definition) is 2. The van der Waals surface area contributed by atoms with Crippen molar-refractivity contribution in [2.45, 2.75) is 59.5 Å². The van der Waals surface area contributed by atoms with E-state index in [2.05, 4.69) is 36.5 Å². The summed E-state index contributed by atoms with van der Waals surface area (Å²) in [5.74, 6) is 0.0321. The average Bonchev–Trinajstić information content (AvgIpc) is 2.75. The lowest BCUT2D eigenvalue weighted by Gasteiger charge is -2.29. The first kappa shape index (κ1) is 25.2. The van der Waals surface area contributed by atoms with Crippen molar-refractivity contribution in [1.82, 2.24) is 10.2 Å². The summed E-state index contributed by atoms with van der Waals surface area (Å²) in [6.45, 7) is 8.66. The van der Waals surface area contributed by atoms with E-state index >= 15 is 0 Å². The van der Waals surface area contributed by atoms with Gasteiger partial charge in [-0.15, -0.1) is 0 Å². The highest BCUT2D eigenvalue weighted by Crippen LogP contribution is 2.27. The minimum atomic E-state index is -0.638. The molecule has 0 heterocycles. The van der Waals surface area contributed by atoms with Crippen LogP contribution in [0.4, 0.5) is 0 Å². The van der Waals surface area contributed by atoms with Gasteiger partial charge >= 0.3 is 0 Å². The molecule has 1 atom stereocenters. The molecule has 0 aliphatic heterocycles. The van der Waals surface area contributed by atoms with Gasteiger partial charge in [-0.3, -0.25) is 9.59 Å². The summed E-state index contributed by atoms with van der Waals surface area (Å²) in [6.07, 6.45) is 1.89. The van der Waals surface area contributed by atoms with Gasteiger partial charge in [-0.1, -0.05) is 74.3 Å². The Hall–Kier alpha value is -2.04. The first-order valence-electron chi connectivity index (χ1n) is 10.8. The average molecular weight is 463 g/mol. The summed E-state index contributed by atoms with van der Waals surface area (Å²) in [5.41, 5.74) is 3.01. The van der Waals surface area contributed by atoms with Crippen LogP contribution in [0.25, 0.3) is 0 Å². The van der Waals surface area contributed by atoms with E-state index in [1.54, 1.807) is 30.0 Å². The zero-order valence-corrected chi connectivity index (χ0v) is 20.3. The third-order valence-corrected chi connectivity index (χ3v) is 6.01. The second-order valence-electron chi connectivity index (χ2n) is 8.21. The first-order chi connectivity index (χ1) is 14.7. The number of benzene rings is 2. The van der Waals surface area contributed by atoms with Crippen molar-refractivity contribution in [2.75, 3.05) is 6.54 Å². The maximum atomic E-state index is 13.2. The van der Waals surface area contributed by atoms with Crippen molar-refractivity contribution in [3.05, 3.63) is 69.2 Å². The van der Waals surface area contributed by atoms with Crippen molar-refractivity contribution in [3.8, 4) is 0 Å². The Morgan fingerprint density at radius 3 is 2.10 bits per heavy atom. The summed E-state index contributed by atoms with van der Waals surface area (Å²) < 4.78 is 0. The van der Waals surface area contributed by atoms with Crippen molar-refractivity contribution in [3.63, 3.8) is 0 Å². The lowest BCUT2D eigenvalue weighted by Crippen LogP contribution is -2.48. The molecule has 2 rings (SSSR count). The lowest BCUT2D eigenvalue weighted by molar-refractivity contribution is -0.140. The Labute approximate surface area is 195 Å². The van der Waals surface area contributed by atoms with Gasteiger partial charge in [0.25, 0.3) is 0 Å². The molecule has 1 N–H and O–H groups in total. The molecule has 6 heteroatoms. The van der Waals surface area contributed by atoms with Crippen LogP contribution in [0, 0.1) is 5.92 Å². The zero-order valence-electron chi connectivity index (χ0n) is 18.8. The molecule has 0 saturated carbocycles. The highest BCUT2D eigenvalue weighted by Gasteiger charge is 2.27. The minimum absolute atomic E-state index is 0.109. The molecule has 1 unspecified atom stereocenters. The van der Waals surface area contributed by atoms with E-state index in [0.717, 1.165) is 12.0 Å². The summed E-state index contributed by atoms with van der Waals surface area (Å²) in [6, 6.07) is 12.9. The van der Waals surface area contributed by atoms with Crippen LogP contribution in [-0.2, 0) is 29.0 Å². The second-order valence-corrected chi connectivity index (χ2v) is 9.02. The molecule has 4 nitrogen and oxygen atoms in total. The molecule has 2 aromatic carbocycles. The third kappa shape index (κ3) is 7.55. The summed E-state index contributed by atoms with van der Waals surface area (Å²) in [4.78, 5) is 27.5. The minimum Gasteiger partial charge on any atom is -0.354 e. The molecule has 31 heavy (non-hydrogen) atoms. The number of hydrogen-bond donors (Lipinski definition) is 1. The molecular weight excluding hydrogens is 431 g/mol. The number of nitrogens with zero attached hydrogens (tertiary/aromatic N) is 1. The molecule has 0 fully saturated rings. The number of nitrogens with one attached hydrogen (secondary N) is 1. The molecular formula is C25H32Cl2N2O2. The maximum absolute atomic E-state index is 13.2. The Balaban J connectivity index is 2.18. The molecule has 0 bridgehead atoms. The molecule has 2 aromatic rings. The topological polar surface area (TPSA) is 49.4 Å². The van der Waals surface area contributed by atoms with Gasteiger partial charge < -0.3 is 10.2 Å². The fourth-order valence-corrected chi connectivity index (χ4v) is 3.74. The Morgan fingerprint density at radius 2 is 1.55 bits per heavy atom. The van der Waals surface area contributed by atoms with Gasteiger partial charge in [-0.25, -0.2) is 0 Å². The molecule has 0 radical (unpaired) electrons. The quantitative estimate of drug-likeness (QED) is 0.493. The SMILES string of the molecule is CCc1ccc(CCC(=O)N(Cc2c(Cl)cccc2Cl)C(C)C(=O)NCC(C)C)cc1. The smallest absolute Gasteiger partial charge is 0.242 e. The third-order valence-electron chi connectivity index (χ3n) is 5.30. The molecule has 0 aromatic heterocycles. The summed E-state index contributed by atoms with van der Waals surface area (Å²) >= 11 is 12.7. The van der Waals surface area contributed by atoms with Crippen LogP contribution < -0.4 is 5.32 Å². The van der Waals surface area contributed by atoms with Gasteiger partial charge in [0.15, 0.2) is 0 Å². The maximum Gasteiger partial charge on any atom is 0.242 e. The summed E-state index contributed by atoms with van der Waals surface area (Å²) in [5, 5.41) is 3.88. The van der Waals surface area contributed by atoms with Gasteiger partial charge in [0.2, 0.25) is 11.8 Å². The fraction of sp³-hybridized carbons (Fsp3) is 0.440. The summed E-state index contributed by atoms with van der Waals surface area (Å²) in [7, 11) is 0. The van der Waals surface area contributed by atoms with Crippen molar-refractivity contribution >= 4 is 35.0 Å². The number of carbonyl (C=O) groups is 2. The molecule has 0 saturated heterocycles. The Morgan fingerprint density at radius 1 is 0.968 bits per heavy atom. The zero-order chi connectivity index (χ0) is 23.0. The van der Waals surface area contributed by atoms with Crippen LogP contribution in [0.3, 0.4) is 0 Å². The van der Waals surface area contributed by atoms with Gasteiger partial charge in [-0.2, -0.15) is 0 Å². The van der Waals surface area contributed by atoms with Gasteiger partial charge in [0.1, 0.15) is 6.04 Å². The van der Waals surface area contributed by atoms with Crippen LogP contribution in [0.15, 0.2) is 42.5 Å². The van der Waals surface area contributed by atoms with E-state index in [0.29, 0.717) is 40.9 Å². The van der Waals surface area contributed by atoms with Crippen molar-refractivity contribution in [2.24, 2.45) is 5.92 Å². The number of carbonyl (C=O) groups excluding carboxylic acids is 2. The Bertz CT molecular complexity index is 861. The van der Waals surface area contributed by atoms with Crippen molar-refractivity contribution in [1.29, 1.82) is 0 Å². The molecule has 2 amide bonds. The normalized spacial score (nSPS) is 12.0. The second kappa shape index (κ2) is 12.1. The number of amides is 2. The molecule has 0 aliphatic rings. The first-order valence-corrected chi connectivity index (χ1v) is 11.6. The predicted octanol–water partition coefficient (Wildman–Crippen LogP) is 5.68. The predicted molar refractivity (Wildman–Crippen MR) is 128 cm³/mol. The van der Waals surface area contributed by atoms with Gasteiger partial charge in [0, 0.05) is 35.1 Å². The van der Waals surface area contributed by atoms with E-state index < -0.39 is 6.04 Å². The number of aryl methyl sites for hydroxylation is 2. The van der Waals surface area contributed by atoms with Crippen LogP contribution >= 0.6 is 23.2 Å². The standard InChI is InChI=1S/C25H32Cl2N2O2/c1-5-19-9-11-20(12-10-19)13-14-24(30)29(18(4)25(31)28-15-17(2)3)16-21-22(26)7-6-8-23(21)27/h6-12,17-18H,5,13-16H2,1-4H3,(H,28,31). The molecule has 0 spiro atoms. The Kier molecular flexibility index (Phi) is 9.86. The lowest BCUT2D eigenvalue weighted by atomic mass is 10.0. The number of rotatable bonds is 10. The van der Waals surface area contributed by atoms with Crippen molar-refractivity contribution < 1.29 is 9.59 Å². The van der Waals surface area contributed by atoms with Crippen LogP contribution in [-0.4, -0.2) is 29.3 Å².